The first-order valence-corrected chi connectivity index (χ1v) is 22.4. The largest absolute Gasteiger partial charge is 0.494 e. The van der Waals surface area contributed by atoms with Crippen LogP contribution in [0.2, 0.25) is 0 Å². The number of piperazine rings is 1. The predicted molar refractivity (Wildman–Crippen MR) is 232 cm³/mol. The second-order valence-electron chi connectivity index (χ2n) is 18.6. The molecule has 7 heterocycles. The third-order valence-corrected chi connectivity index (χ3v) is 14.3. The number of rotatable bonds is 11. The lowest BCUT2D eigenvalue weighted by atomic mass is 9.93. The van der Waals surface area contributed by atoms with E-state index in [4.69, 9.17) is 14.5 Å². The zero-order chi connectivity index (χ0) is 41.8. The minimum Gasteiger partial charge on any atom is -0.494 e. The van der Waals surface area contributed by atoms with Crippen LogP contribution in [0.3, 0.4) is 0 Å². The summed E-state index contributed by atoms with van der Waals surface area (Å²) in [5.74, 6) is 3.01. The Morgan fingerprint density at radius 2 is 1.64 bits per heavy atom. The van der Waals surface area contributed by atoms with Crippen LogP contribution in [0.5, 0.6) is 11.5 Å². The minimum absolute atomic E-state index is 0.0402. The number of H-pyrrole nitrogens is 1. The summed E-state index contributed by atoms with van der Waals surface area (Å²) in [4.78, 5) is 58.9. The molecule has 4 saturated heterocycles. The highest BCUT2D eigenvalue weighted by Gasteiger charge is 2.42. The fraction of sp³-hybridized carbons (Fsp3) is 0.565. The normalized spacial score (nSPS) is 24.0. The highest BCUT2D eigenvalue weighted by molar-refractivity contribution is 6.06. The van der Waals surface area contributed by atoms with Crippen LogP contribution in [0.1, 0.15) is 81.1 Å². The van der Waals surface area contributed by atoms with Crippen molar-refractivity contribution >= 4 is 40.1 Å². The van der Waals surface area contributed by atoms with Gasteiger partial charge < -0.3 is 29.1 Å². The van der Waals surface area contributed by atoms with Crippen molar-refractivity contribution in [1.29, 1.82) is 0 Å². The number of fused-ring (bicyclic) bond motifs is 2. The van der Waals surface area contributed by atoms with Gasteiger partial charge in [0.1, 0.15) is 41.0 Å². The summed E-state index contributed by atoms with van der Waals surface area (Å²) >= 11 is 0. The van der Waals surface area contributed by atoms with E-state index in [1.165, 1.54) is 0 Å². The smallest absolute Gasteiger partial charge is 0.255 e. The minimum atomic E-state index is -0.642. The number of hydrogen-bond donors (Lipinski definition) is 2. The summed E-state index contributed by atoms with van der Waals surface area (Å²) in [6.45, 7) is 14.3. The number of amides is 3. The van der Waals surface area contributed by atoms with Crippen molar-refractivity contribution in [3.8, 4) is 22.9 Å². The molecule has 0 bridgehead atoms. The van der Waals surface area contributed by atoms with Crippen LogP contribution in [-0.2, 0) is 16.1 Å². The van der Waals surface area contributed by atoms with E-state index in [0.717, 1.165) is 148 Å². The van der Waals surface area contributed by atoms with E-state index in [-0.39, 0.29) is 23.8 Å². The van der Waals surface area contributed by atoms with Gasteiger partial charge in [0.15, 0.2) is 0 Å². The van der Waals surface area contributed by atoms with Crippen LogP contribution < -0.4 is 24.6 Å². The van der Waals surface area contributed by atoms with Crippen molar-refractivity contribution in [2.24, 2.45) is 11.8 Å². The van der Waals surface area contributed by atoms with Gasteiger partial charge in [0.25, 0.3) is 5.91 Å². The van der Waals surface area contributed by atoms with Crippen molar-refractivity contribution in [3.05, 3.63) is 53.9 Å². The van der Waals surface area contributed by atoms with Crippen LogP contribution in [0, 0.1) is 11.8 Å². The van der Waals surface area contributed by atoms with Crippen molar-refractivity contribution in [3.63, 3.8) is 0 Å². The lowest BCUT2D eigenvalue weighted by Gasteiger charge is -2.44. The fourth-order valence-corrected chi connectivity index (χ4v) is 10.4. The summed E-state index contributed by atoms with van der Waals surface area (Å²) in [6, 6.07) is 12.0. The molecule has 1 aliphatic carbocycles. The molecular weight excluding hydrogens is 773 g/mol. The molecule has 2 aromatic carbocycles. The third-order valence-electron chi connectivity index (χ3n) is 14.3. The van der Waals surface area contributed by atoms with Gasteiger partial charge in [-0.1, -0.05) is 0 Å². The number of nitrogens with one attached hydrogen (secondary N) is 2. The fourth-order valence-electron chi connectivity index (χ4n) is 10.4. The number of piperidine rings is 3. The molecule has 5 fully saturated rings. The molecule has 322 valence electrons. The van der Waals surface area contributed by atoms with E-state index < -0.39 is 11.9 Å². The number of methoxy groups -OCH3 is 1. The molecule has 3 amide bonds. The average molecular weight is 831 g/mol. The molecule has 2 aromatic heterocycles. The van der Waals surface area contributed by atoms with Gasteiger partial charge in [-0.25, -0.2) is 9.97 Å². The van der Waals surface area contributed by atoms with Crippen molar-refractivity contribution in [2.45, 2.75) is 89.4 Å². The Balaban J connectivity index is 0.686. The summed E-state index contributed by atoms with van der Waals surface area (Å²) in [6.07, 6.45) is 8.95. The third kappa shape index (κ3) is 8.02. The molecule has 15 nitrogen and oxygen atoms in total. The lowest BCUT2D eigenvalue weighted by molar-refractivity contribution is -0.136. The van der Waals surface area contributed by atoms with Gasteiger partial charge in [-0.2, -0.15) is 5.10 Å². The lowest BCUT2D eigenvalue weighted by Crippen LogP contribution is -2.54. The average Bonchev–Trinajstić information content (AvgIpc) is 3.68. The number of nitrogens with zero attached hydrogens (tertiary/aromatic N) is 8. The van der Waals surface area contributed by atoms with Crippen LogP contribution in [0.15, 0.2) is 42.7 Å². The zero-order valence-electron chi connectivity index (χ0n) is 35.7. The van der Waals surface area contributed by atoms with Crippen LogP contribution in [0.4, 0.5) is 11.5 Å². The van der Waals surface area contributed by atoms with E-state index in [1.807, 2.05) is 24.3 Å². The Labute approximate surface area is 357 Å². The molecule has 1 saturated carbocycles. The molecule has 10 rings (SSSR count). The Bertz CT molecular complexity index is 2310. The van der Waals surface area contributed by atoms with Crippen LogP contribution in [0.25, 0.3) is 22.3 Å². The Hall–Kier alpha value is -5.28. The van der Waals surface area contributed by atoms with E-state index in [1.54, 1.807) is 18.3 Å². The molecule has 0 spiro atoms. The Morgan fingerprint density at radius 1 is 0.869 bits per heavy atom. The summed E-state index contributed by atoms with van der Waals surface area (Å²) in [7, 11) is 1.66. The molecule has 4 aromatic rings. The van der Waals surface area contributed by atoms with Crippen LogP contribution in [-0.4, -0.2) is 136 Å². The second kappa shape index (κ2) is 16.2. The Morgan fingerprint density at radius 3 is 2.38 bits per heavy atom. The highest BCUT2D eigenvalue weighted by Crippen LogP contribution is 2.42. The maximum absolute atomic E-state index is 13.4. The van der Waals surface area contributed by atoms with E-state index in [9.17, 15) is 14.4 Å². The maximum Gasteiger partial charge on any atom is 0.255 e. The van der Waals surface area contributed by atoms with Gasteiger partial charge in [-0.3, -0.25) is 29.7 Å². The first kappa shape index (κ1) is 39.8. The molecule has 2 N–H and O–H groups in total. The molecular formula is C46H58N10O5. The van der Waals surface area contributed by atoms with E-state index in [0.29, 0.717) is 36.4 Å². The van der Waals surface area contributed by atoms with Gasteiger partial charge in [-0.05, 0) is 101 Å². The van der Waals surface area contributed by atoms with Gasteiger partial charge in [0.2, 0.25) is 11.8 Å². The summed E-state index contributed by atoms with van der Waals surface area (Å²) < 4.78 is 12.2. The summed E-state index contributed by atoms with van der Waals surface area (Å²) in [5.41, 5.74) is 5.01. The number of imide groups is 1. The van der Waals surface area contributed by atoms with Crippen LogP contribution >= 0.6 is 0 Å². The molecule has 1 unspecified atom stereocenters. The molecule has 6 aliphatic rings. The van der Waals surface area contributed by atoms with Gasteiger partial charge in [-0.15, -0.1) is 0 Å². The van der Waals surface area contributed by atoms with Gasteiger partial charge >= 0.3 is 0 Å². The Kier molecular flexibility index (Phi) is 10.6. The van der Waals surface area contributed by atoms with Crippen molar-refractivity contribution in [1.82, 2.24) is 40.2 Å². The molecule has 5 aliphatic heterocycles. The molecule has 2 atom stereocenters. The number of benzene rings is 2. The number of ether oxygens (including phenoxy) is 2. The monoisotopic (exact) mass is 830 g/mol. The number of anilines is 2. The topological polar surface area (TPSA) is 152 Å². The maximum atomic E-state index is 13.4. The van der Waals surface area contributed by atoms with E-state index >= 15 is 0 Å². The molecule has 61 heavy (non-hydrogen) atoms. The van der Waals surface area contributed by atoms with E-state index in [2.05, 4.69) is 66.1 Å². The number of aromatic amines is 1. The number of carbonyl (C=O) groups is 3. The molecule has 0 radical (unpaired) electrons. The first-order chi connectivity index (χ1) is 29.6. The summed E-state index contributed by atoms with van der Waals surface area (Å²) in [5, 5.41) is 11.2. The SMILES string of the molecule is COc1c(N2CCC(CN3CCN(CC4CCN(c5cc(-c6n[nH]c7ccc(OC8(C)CC8)cc67)ncn5)CC4)[C@@H](C)C3)CC2)ccc2c1CN(C1CCC(=O)NC1=O)C2=O. The highest BCUT2D eigenvalue weighted by atomic mass is 16.5. The van der Waals surface area contributed by atoms with Gasteiger partial charge in [0.05, 0.1) is 30.6 Å². The zero-order valence-corrected chi connectivity index (χ0v) is 35.7. The van der Waals surface area contributed by atoms with Crippen molar-refractivity contribution in [2.75, 3.05) is 75.8 Å². The predicted octanol–water partition coefficient (Wildman–Crippen LogP) is 4.86. The van der Waals surface area contributed by atoms with Crippen molar-refractivity contribution < 1.29 is 23.9 Å². The second-order valence-corrected chi connectivity index (χ2v) is 18.6. The standard InChI is InChI=1S/C46H58N10O5/c1-29-24-52(25-30-10-16-53(17-11-30)38-7-5-33-35(43(38)60-3)27-56(45(33)59)39-8-9-41(57)49-44(39)58)20-21-55(29)26-31-12-18-54(19-13-31)40-23-37(47-28-48-40)42-34-22-32(61-46(2)14-15-46)4-6-36(34)50-51-42/h4-7,22-23,28-31,39H,8-21,24-27H2,1-3H3,(H,50,51)(H,49,57,58)/t29-,39?/m0/s1. The molecule has 15 heteroatoms. The quantitative estimate of drug-likeness (QED) is 0.199. The number of carbonyl (C=O) groups excluding carboxylic acids is 3. The number of hydrogen-bond acceptors (Lipinski definition) is 12. The first-order valence-electron chi connectivity index (χ1n) is 22.4. The number of aromatic nitrogens is 4. The van der Waals surface area contributed by atoms with Gasteiger partial charge in [0, 0.05) is 93.9 Å².